The molecule has 0 aliphatic carbocycles. The molecule has 0 saturated carbocycles. The highest BCUT2D eigenvalue weighted by molar-refractivity contribution is 9.10. The van der Waals surface area contributed by atoms with Gasteiger partial charge in [-0.25, -0.2) is 8.42 Å². The minimum atomic E-state index is -3.64. The number of fused-ring (bicyclic) bond motifs is 1. The van der Waals surface area contributed by atoms with E-state index in [9.17, 15) is 8.42 Å². The molecule has 0 unspecified atom stereocenters. The van der Waals surface area contributed by atoms with Crippen LogP contribution in [0.3, 0.4) is 0 Å². The van der Waals surface area contributed by atoms with Crippen LogP contribution in [0, 0.1) is 19.9 Å². The Labute approximate surface area is 131 Å². The second kappa shape index (κ2) is 4.96. The van der Waals surface area contributed by atoms with Gasteiger partial charge in [-0.15, -0.1) is 0 Å². The molecule has 1 N–H and O–H groups in total. The fourth-order valence-corrected chi connectivity index (χ4v) is 4.74. The number of aryl methyl sites for hydroxylation is 2. The fraction of sp³-hybridized carbons (Fsp3) is 0.133. The van der Waals surface area contributed by atoms with Crippen molar-refractivity contribution in [3.8, 4) is 0 Å². The summed E-state index contributed by atoms with van der Waals surface area (Å²) in [6, 6.07) is 11.4. The van der Waals surface area contributed by atoms with Crippen molar-refractivity contribution in [2.75, 3.05) is 0 Å². The van der Waals surface area contributed by atoms with Gasteiger partial charge in [0.2, 0.25) is 9.84 Å². The highest BCUT2D eigenvalue weighted by Gasteiger charge is 2.25. The molecular formula is C15H12BrN2O2S. The number of benzene rings is 2. The molecular weight excluding hydrogens is 352 g/mol. The second-order valence-electron chi connectivity index (χ2n) is 4.85. The molecule has 2 aromatic carbocycles. The number of halogens is 1. The number of sulfone groups is 1. The van der Waals surface area contributed by atoms with Gasteiger partial charge in [-0.05, 0) is 48.0 Å². The van der Waals surface area contributed by atoms with Crippen LogP contribution in [0.15, 0.2) is 44.6 Å². The normalized spacial score (nSPS) is 12.0. The van der Waals surface area contributed by atoms with E-state index in [1.807, 2.05) is 6.92 Å². The summed E-state index contributed by atoms with van der Waals surface area (Å²) in [4.78, 5) is 0.463. The number of aromatic amines is 1. The average Bonchev–Trinajstić information content (AvgIpc) is 2.80. The molecule has 107 valence electrons. The largest absolute Gasteiger partial charge is 0.277 e. The minimum Gasteiger partial charge on any atom is -0.277 e. The van der Waals surface area contributed by atoms with E-state index < -0.39 is 9.84 Å². The van der Waals surface area contributed by atoms with Crippen molar-refractivity contribution in [1.29, 1.82) is 0 Å². The summed E-state index contributed by atoms with van der Waals surface area (Å²) in [7, 11) is -3.64. The Morgan fingerprint density at radius 2 is 1.86 bits per heavy atom. The third kappa shape index (κ3) is 2.28. The molecule has 0 atom stereocenters. The van der Waals surface area contributed by atoms with Crippen molar-refractivity contribution < 1.29 is 8.42 Å². The van der Waals surface area contributed by atoms with E-state index in [-0.39, 0.29) is 9.79 Å². The van der Waals surface area contributed by atoms with Crippen LogP contribution >= 0.6 is 15.9 Å². The molecule has 0 aliphatic heterocycles. The number of hydrogen-bond acceptors (Lipinski definition) is 3. The Morgan fingerprint density at radius 1 is 1.19 bits per heavy atom. The lowest BCUT2D eigenvalue weighted by Gasteiger charge is -2.09. The maximum atomic E-state index is 12.9. The summed E-state index contributed by atoms with van der Waals surface area (Å²) in [5.74, 6) is 0. The van der Waals surface area contributed by atoms with Gasteiger partial charge in [0.05, 0.1) is 21.0 Å². The zero-order chi connectivity index (χ0) is 15.2. The first kappa shape index (κ1) is 14.3. The average molecular weight is 364 g/mol. The van der Waals surface area contributed by atoms with Crippen molar-refractivity contribution in [1.82, 2.24) is 10.2 Å². The monoisotopic (exact) mass is 363 g/mol. The molecule has 1 radical (unpaired) electrons. The van der Waals surface area contributed by atoms with E-state index in [1.165, 1.54) is 0 Å². The van der Waals surface area contributed by atoms with Crippen LogP contribution < -0.4 is 0 Å². The van der Waals surface area contributed by atoms with Gasteiger partial charge < -0.3 is 0 Å². The number of rotatable bonds is 2. The third-order valence-corrected chi connectivity index (χ3v) is 6.07. The van der Waals surface area contributed by atoms with E-state index in [0.717, 1.165) is 5.56 Å². The van der Waals surface area contributed by atoms with Crippen LogP contribution in [-0.2, 0) is 9.84 Å². The lowest BCUT2D eigenvalue weighted by molar-refractivity contribution is 0.596. The van der Waals surface area contributed by atoms with Crippen LogP contribution in [0.5, 0.6) is 0 Å². The molecule has 0 spiro atoms. The Morgan fingerprint density at radius 3 is 2.52 bits per heavy atom. The summed E-state index contributed by atoms with van der Waals surface area (Å²) in [6.45, 7) is 3.69. The van der Waals surface area contributed by atoms with Crippen molar-refractivity contribution >= 4 is 36.7 Å². The summed E-state index contributed by atoms with van der Waals surface area (Å²) in [6.07, 6.45) is 0. The predicted molar refractivity (Wildman–Crippen MR) is 84.0 cm³/mol. The van der Waals surface area contributed by atoms with E-state index >= 15 is 0 Å². The Bertz CT molecular complexity index is 928. The maximum Gasteiger partial charge on any atom is 0.208 e. The van der Waals surface area contributed by atoms with Crippen molar-refractivity contribution in [2.45, 2.75) is 23.6 Å². The van der Waals surface area contributed by atoms with Gasteiger partial charge in [0.1, 0.15) is 0 Å². The van der Waals surface area contributed by atoms with Crippen molar-refractivity contribution in [3.63, 3.8) is 0 Å². The van der Waals surface area contributed by atoms with E-state index in [0.29, 0.717) is 21.1 Å². The lowest BCUT2D eigenvalue weighted by Crippen LogP contribution is -2.04. The topological polar surface area (TPSA) is 62.8 Å². The summed E-state index contributed by atoms with van der Waals surface area (Å²) in [5.41, 5.74) is 2.31. The Kier molecular flexibility index (Phi) is 3.37. The number of nitrogens with one attached hydrogen (secondary N) is 1. The standard InChI is InChI=1S/C15H12BrN2O2S/c1-9-3-5-11(6-4-9)21(19,20)15-12(16)7-8-13-14(15)10(2)17-18-13/h3-6,8H,1-2H3,(H,17,18). The molecule has 1 heterocycles. The third-order valence-electron chi connectivity index (χ3n) is 3.34. The van der Waals surface area contributed by atoms with Crippen LogP contribution in [0.2, 0.25) is 0 Å². The van der Waals surface area contributed by atoms with Crippen LogP contribution in [0.1, 0.15) is 11.3 Å². The van der Waals surface area contributed by atoms with Gasteiger partial charge in [0, 0.05) is 15.9 Å². The molecule has 0 saturated heterocycles. The summed E-state index contributed by atoms with van der Waals surface area (Å²) < 4.78 is 26.3. The SMILES string of the molecule is Cc1ccc(S(=O)(=O)c2c(Br)[c]cc3[nH]nc(C)c23)cc1. The first-order chi connectivity index (χ1) is 9.91. The molecule has 4 nitrogen and oxygen atoms in total. The lowest BCUT2D eigenvalue weighted by atomic mass is 10.2. The first-order valence-corrected chi connectivity index (χ1v) is 8.55. The molecule has 0 bridgehead atoms. The molecule has 1 aromatic heterocycles. The van der Waals surface area contributed by atoms with Gasteiger partial charge in [-0.2, -0.15) is 5.10 Å². The quantitative estimate of drug-likeness (QED) is 0.756. The van der Waals surface area contributed by atoms with Crippen molar-refractivity contribution in [2.24, 2.45) is 0 Å². The van der Waals surface area contributed by atoms with Crippen molar-refractivity contribution in [3.05, 3.63) is 52.1 Å². The number of H-pyrrole nitrogens is 1. The number of hydrogen-bond donors (Lipinski definition) is 1. The van der Waals surface area contributed by atoms with E-state index in [4.69, 9.17) is 0 Å². The van der Waals surface area contributed by atoms with Gasteiger partial charge in [0.15, 0.2) is 0 Å². The fourth-order valence-electron chi connectivity index (χ4n) is 2.24. The molecule has 6 heteroatoms. The number of nitrogens with zero attached hydrogens (tertiary/aromatic N) is 1. The van der Waals surface area contributed by atoms with Crippen LogP contribution in [0.4, 0.5) is 0 Å². The smallest absolute Gasteiger partial charge is 0.208 e. The molecule has 0 fully saturated rings. The van der Waals surface area contributed by atoms with Gasteiger partial charge >= 0.3 is 0 Å². The molecule has 0 aliphatic rings. The highest BCUT2D eigenvalue weighted by Crippen LogP contribution is 2.35. The van der Waals surface area contributed by atoms with Gasteiger partial charge in [-0.3, -0.25) is 5.10 Å². The zero-order valence-corrected chi connectivity index (χ0v) is 13.8. The van der Waals surface area contributed by atoms with Crippen LogP contribution in [-0.4, -0.2) is 18.6 Å². The summed E-state index contributed by atoms with van der Waals surface area (Å²) >= 11 is 3.31. The zero-order valence-electron chi connectivity index (χ0n) is 11.4. The maximum absolute atomic E-state index is 12.9. The molecule has 3 aromatic rings. The predicted octanol–water partition coefficient (Wildman–Crippen LogP) is 3.58. The van der Waals surface area contributed by atoms with Crippen LogP contribution in [0.25, 0.3) is 10.9 Å². The van der Waals surface area contributed by atoms with E-state index in [1.54, 1.807) is 37.3 Å². The van der Waals surface area contributed by atoms with Gasteiger partial charge in [-0.1, -0.05) is 17.7 Å². The summed E-state index contributed by atoms with van der Waals surface area (Å²) in [5, 5.41) is 7.51. The van der Waals surface area contributed by atoms with Gasteiger partial charge in [0.25, 0.3) is 0 Å². The first-order valence-electron chi connectivity index (χ1n) is 6.28. The number of aromatic nitrogens is 2. The highest BCUT2D eigenvalue weighted by atomic mass is 79.9. The van der Waals surface area contributed by atoms with E-state index in [2.05, 4.69) is 32.2 Å². The molecule has 21 heavy (non-hydrogen) atoms. The molecule has 3 rings (SSSR count). The minimum absolute atomic E-state index is 0.204. The second-order valence-corrected chi connectivity index (χ2v) is 7.53. The Hall–Kier alpha value is -1.66. The Balaban J connectivity index is 2.35. The molecule has 0 amide bonds.